The van der Waals surface area contributed by atoms with Gasteiger partial charge in [-0.05, 0) is 55.0 Å². The Balaban J connectivity index is 1.40. The molecule has 1 heterocycles. The maximum Gasteiger partial charge on any atom is 0.133 e. The minimum absolute atomic E-state index is 0.0845. The lowest BCUT2D eigenvalue weighted by Gasteiger charge is -2.58. The lowest BCUT2D eigenvalue weighted by molar-refractivity contribution is -0.127. The largest absolute Gasteiger partial charge is 0.508 e. The second-order valence-corrected chi connectivity index (χ2v) is 8.63. The molecule has 1 aromatic carbocycles. The highest BCUT2D eigenvalue weighted by Gasteiger charge is 2.55. The first-order chi connectivity index (χ1) is 14.1. The molecule has 3 aliphatic rings. The summed E-state index contributed by atoms with van der Waals surface area (Å²) in [4.78, 5) is 15.0. The van der Waals surface area contributed by atoms with E-state index >= 15 is 0 Å². The smallest absolute Gasteiger partial charge is 0.133 e. The van der Waals surface area contributed by atoms with Crippen LogP contribution >= 0.6 is 0 Å². The van der Waals surface area contributed by atoms with Crippen molar-refractivity contribution in [1.82, 2.24) is 4.90 Å². The van der Waals surface area contributed by atoms with Crippen LogP contribution in [0.25, 0.3) is 0 Å². The number of piperidine rings is 1. The number of phenolic OH excluding ortho intramolecular Hbond substituents is 1. The quantitative estimate of drug-likeness (QED) is 0.638. The number of methoxy groups -OCH3 is 1. The molecule has 2 bridgehead atoms. The number of ketones is 1. The third kappa shape index (κ3) is 4.22. The van der Waals surface area contributed by atoms with Gasteiger partial charge in [-0.3, -0.25) is 9.69 Å². The number of hydrogen-bond donors (Lipinski definition) is 1. The van der Waals surface area contributed by atoms with Crippen LogP contribution in [0.1, 0.15) is 36.8 Å². The number of aromatic hydroxyl groups is 1. The summed E-state index contributed by atoms with van der Waals surface area (Å²) in [7, 11) is 1.67. The fourth-order valence-corrected chi connectivity index (χ4v) is 5.82. The van der Waals surface area contributed by atoms with E-state index in [0.717, 1.165) is 32.4 Å². The number of hydrogen-bond acceptors (Lipinski definition) is 6. The van der Waals surface area contributed by atoms with Crippen LogP contribution in [-0.4, -0.2) is 75.1 Å². The molecule has 1 saturated heterocycles. The first-order valence-electron chi connectivity index (χ1n) is 10.9. The minimum atomic E-state index is -0.0845. The maximum absolute atomic E-state index is 12.4. The lowest BCUT2D eigenvalue weighted by atomic mass is 9.52. The van der Waals surface area contributed by atoms with E-state index in [0.29, 0.717) is 69.4 Å². The number of Topliss-reactive ketones (excluding diaryl/α,β-unsaturated/α-hetero) is 1. The monoisotopic (exact) mass is 403 g/mol. The molecule has 6 nitrogen and oxygen atoms in total. The van der Waals surface area contributed by atoms with Crippen molar-refractivity contribution in [3.8, 4) is 5.75 Å². The van der Waals surface area contributed by atoms with Gasteiger partial charge in [-0.1, -0.05) is 6.07 Å². The van der Waals surface area contributed by atoms with Crippen LogP contribution in [-0.2, 0) is 30.8 Å². The zero-order valence-corrected chi connectivity index (χ0v) is 17.4. The van der Waals surface area contributed by atoms with Crippen molar-refractivity contribution in [2.45, 2.75) is 43.6 Å². The zero-order chi connectivity index (χ0) is 20.3. The molecule has 160 valence electrons. The van der Waals surface area contributed by atoms with E-state index in [1.165, 1.54) is 11.1 Å². The molecule has 1 aliphatic heterocycles. The van der Waals surface area contributed by atoms with Crippen molar-refractivity contribution in [3.63, 3.8) is 0 Å². The zero-order valence-electron chi connectivity index (χ0n) is 17.4. The summed E-state index contributed by atoms with van der Waals surface area (Å²) in [5, 5.41) is 10.1. The van der Waals surface area contributed by atoms with E-state index in [1.807, 2.05) is 6.07 Å². The minimum Gasteiger partial charge on any atom is -0.508 e. The number of carbonyl (C=O) groups is 1. The van der Waals surface area contributed by atoms with Gasteiger partial charge in [0.2, 0.25) is 0 Å². The Morgan fingerprint density at radius 3 is 2.79 bits per heavy atom. The molecule has 29 heavy (non-hydrogen) atoms. The van der Waals surface area contributed by atoms with E-state index in [4.69, 9.17) is 14.2 Å². The lowest BCUT2D eigenvalue weighted by Crippen LogP contribution is -2.62. The Bertz CT molecular complexity index is 723. The average molecular weight is 404 g/mol. The number of rotatable bonds is 9. The highest BCUT2D eigenvalue weighted by atomic mass is 16.5. The number of fused-ring (bicyclic) bond motifs is 1. The normalized spacial score (nSPS) is 28.8. The molecule has 0 aromatic heterocycles. The first-order valence-corrected chi connectivity index (χ1v) is 10.9. The number of likely N-dealkylation sites (tertiary alicyclic amines) is 1. The van der Waals surface area contributed by atoms with Crippen LogP contribution in [0.2, 0.25) is 0 Å². The van der Waals surface area contributed by atoms with Crippen LogP contribution in [0.4, 0.5) is 0 Å². The number of ether oxygens (including phenoxy) is 3. The van der Waals surface area contributed by atoms with Gasteiger partial charge in [-0.15, -0.1) is 0 Å². The molecular formula is C23H33NO5. The molecule has 1 saturated carbocycles. The van der Waals surface area contributed by atoms with Gasteiger partial charge in [-0.2, -0.15) is 0 Å². The fourth-order valence-electron chi connectivity index (χ4n) is 5.82. The number of benzene rings is 1. The van der Waals surface area contributed by atoms with E-state index < -0.39 is 0 Å². The van der Waals surface area contributed by atoms with Gasteiger partial charge in [-0.25, -0.2) is 0 Å². The van der Waals surface area contributed by atoms with Gasteiger partial charge in [0.05, 0.1) is 33.0 Å². The predicted octanol–water partition coefficient (Wildman–Crippen LogP) is 2.31. The molecule has 3 atom stereocenters. The number of phenols is 1. The van der Waals surface area contributed by atoms with E-state index in [1.54, 1.807) is 13.2 Å². The molecule has 0 spiro atoms. The molecule has 0 radical (unpaired) electrons. The Morgan fingerprint density at radius 1 is 1.17 bits per heavy atom. The average Bonchev–Trinajstić information content (AvgIpc) is 2.71. The highest BCUT2D eigenvalue weighted by Crippen LogP contribution is 2.55. The standard InChI is InChI=1S/C23H33NO5/c1-27-10-11-29-13-12-28-9-8-24-7-6-23-16-19(26)4-5-20(23)22(24)14-17-2-3-18(25)15-21(17)23/h2-3,15,20,22,25H,4-14,16H2,1H3/t20-,22+,23+/m0/s1. The van der Waals surface area contributed by atoms with Crippen LogP contribution in [0, 0.1) is 5.92 Å². The molecule has 6 heteroatoms. The third-order valence-corrected chi connectivity index (χ3v) is 7.12. The Kier molecular flexibility index (Phi) is 6.54. The summed E-state index contributed by atoms with van der Waals surface area (Å²) in [6.45, 7) is 5.01. The summed E-state index contributed by atoms with van der Waals surface area (Å²) < 4.78 is 16.2. The molecule has 1 N–H and O–H groups in total. The van der Waals surface area contributed by atoms with Crippen molar-refractivity contribution < 1.29 is 24.1 Å². The Hall–Kier alpha value is -1.47. The van der Waals surface area contributed by atoms with Crippen molar-refractivity contribution in [1.29, 1.82) is 0 Å². The summed E-state index contributed by atoms with van der Waals surface area (Å²) in [5.74, 6) is 1.18. The second-order valence-electron chi connectivity index (χ2n) is 8.63. The second kappa shape index (κ2) is 9.13. The van der Waals surface area contributed by atoms with Gasteiger partial charge in [0.1, 0.15) is 11.5 Å². The van der Waals surface area contributed by atoms with Crippen LogP contribution < -0.4 is 0 Å². The molecule has 0 unspecified atom stereocenters. The first kappa shape index (κ1) is 20.8. The molecule has 1 aromatic rings. The van der Waals surface area contributed by atoms with Gasteiger partial charge in [0.25, 0.3) is 0 Å². The maximum atomic E-state index is 12.4. The molecule has 2 aliphatic carbocycles. The highest BCUT2D eigenvalue weighted by molar-refractivity contribution is 5.81. The SMILES string of the molecule is COCCOCCOCCN1CC[C@@]23CC(=O)CC[C@H]2[C@H]1Cc1ccc(O)cc13. The third-order valence-electron chi connectivity index (χ3n) is 7.12. The summed E-state index contributed by atoms with van der Waals surface area (Å²) in [6, 6.07) is 6.23. The summed E-state index contributed by atoms with van der Waals surface area (Å²) in [5.41, 5.74) is 2.45. The van der Waals surface area contributed by atoms with E-state index in [2.05, 4.69) is 11.0 Å². The van der Waals surface area contributed by atoms with Gasteiger partial charge in [0, 0.05) is 38.0 Å². The molecule has 2 fully saturated rings. The summed E-state index contributed by atoms with van der Waals surface area (Å²) in [6.07, 6.45) is 4.27. The van der Waals surface area contributed by atoms with Crippen molar-refractivity contribution in [2.24, 2.45) is 5.92 Å². The number of nitrogens with zero attached hydrogens (tertiary/aromatic N) is 1. The van der Waals surface area contributed by atoms with E-state index in [-0.39, 0.29) is 5.41 Å². The summed E-state index contributed by atoms with van der Waals surface area (Å²) >= 11 is 0. The molecule has 4 rings (SSSR count). The Morgan fingerprint density at radius 2 is 1.97 bits per heavy atom. The van der Waals surface area contributed by atoms with E-state index in [9.17, 15) is 9.90 Å². The van der Waals surface area contributed by atoms with Crippen molar-refractivity contribution >= 4 is 5.78 Å². The molecular weight excluding hydrogens is 370 g/mol. The van der Waals surface area contributed by atoms with Crippen LogP contribution in [0.5, 0.6) is 5.75 Å². The Labute approximate surface area is 173 Å². The van der Waals surface area contributed by atoms with Crippen molar-refractivity contribution in [2.75, 3.05) is 53.2 Å². The van der Waals surface area contributed by atoms with Crippen LogP contribution in [0.3, 0.4) is 0 Å². The fraction of sp³-hybridized carbons (Fsp3) is 0.696. The van der Waals surface area contributed by atoms with Crippen molar-refractivity contribution in [3.05, 3.63) is 29.3 Å². The predicted molar refractivity (Wildman–Crippen MR) is 109 cm³/mol. The van der Waals surface area contributed by atoms with Gasteiger partial charge < -0.3 is 19.3 Å². The van der Waals surface area contributed by atoms with Crippen LogP contribution in [0.15, 0.2) is 18.2 Å². The van der Waals surface area contributed by atoms with Gasteiger partial charge >= 0.3 is 0 Å². The number of carbonyl (C=O) groups excluding carboxylic acids is 1. The topological polar surface area (TPSA) is 68.2 Å². The van der Waals surface area contributed by atoms with Gasteiger partial charge in [0.15, 0.2) is 0 Å². The molecule has 0 amide bonds.